The molecule has 1 amide bonds. The first-order valence-electron chi connectivity index (χ1n) is 12.0. The molecule has 4 N–H and O–H groups in total. The highest BCUT2D eigenvalue weighted by Crippen LogP contribution is 2.42. The molecule has 0 saturated heterocycles. The van der Waals surface area contributed by atoms with Crippen LogP contribution in [-0.2, 0) is 11.2 Å². The summed E-state index contributed by atoms with van der Waals surface area (Å²) in [5, 5.41) is 32.2. The number of nitrogens with zero attached hydrogens (tertiary/aromatic N) is 1. The number of carboxylic acids is 1. The topological polar surface area (TPSA) is 112 Å². The minimum absolute atomic E-state index is 0.0750. The number of aromatic nitrogens is 1. The summed E-state index contributed by atoms with van der Waals surface area (Å²) in [7, 11) is 1.57. The number of carboxylic acid groups (broad SMARTS) is 1. The Balaban J connectivity index is 2.19. The van der Waals surface area contributed by atoms with Crippen LogP contribution in [0.5, 0.6) is 0 Å². The highest BCUT2D eigenvalue weighted by molar-refractivity contribution is 6.05. The Bertz CT molecular complexity index is 1190. The molecule has 0 aliphatic rings. The molecule has 7 nitrogen and oxygen atoms in total. The molecule has 192 valence electrons. The number of amides is 1. The molecule has 2 atom stereocenters. The fourth-order valence-electron chi connectivity index (χ4n) is 4.63. The van der Waals surface area contributed by atoms with E-state index in [1.54, 1.807) is 19.2 Å². The number of carbonyl (C=O) groups excluding carboxylic acids is 1. The molecule has 36 heavy (non-hydrogen) atoms. The molecular weight excluding hydrogens is 463 g/mol. The number of aliphatic hydroxyl groups is 2. The largest absolute Gasteiger partial charge is 0.481 e. The lowest BCUT2D eigenvalue weighted by atomic mass is 9.92. The van der Waals surface area contributed by atoms with Crippen LogP contribution in [-0.4, -0.2) is 51.0 Å². The van der Waals surface area contributed by atoms with Crippen molar-refractivity contribution in [1.82, 2.24) is 9.88 Å². The zero-order valence-corrected chi connectivity index (χ0v) is 20.7. The van der Waals surface area contributed by atoms with Crippen LogP contribution in [0.3, 0.4) is 0 Å². The minimum Gasteiger partial charge on any atom is -0.481 e. The maximum absolute atomic E-state index is 13.8. The highest BCUT2D eigenvalue weighted by Gasteiger charge is 2.30. The van der Waals surface area contributed by atoms with Gasteiger partial charge in [0, 0.05) is 29.9 Å². The van der Waals surface area contributed by atoms with Crippen molar-refractivity contribution in [3.05, 3.63) is 71.8 Å². The van der Waals surface area contributed by atoms with Gasteiger partial charge in [-0.05, 0) is 56.4 Å². The SMILES string of the molecule is CNC(=O)c1c(-c2ccccc2)c(-c2ccc(F)cc2)c(CC[C@@H](O)C[C@@H](O)CC(=O)O)n1C(C)C. The van der Waals surface area contributed by atoms with Crippen molar-refractivity contribution in [2.75, 3.05) is 7.05 Å². The first kappa shape index (κ1) is 27.1. The molecule has 8 heteroatoms. The number of hydrogen-bond donors (Lipinski definition) is 4. The minimum atomic E-state index is -1.16. The van der Waals surface area contributed by atoms with Crippen LogP contribution in [0.15, 0.2) is 54.6 Å². The van der Waals surface area contributed by atoms with Crippen LogP contribution in [0.4, 0.5) is 4.39 Å². The summed E-state index contributed by atoms with van der Waals surface area (Å²) in [4.78, 5) is 24.1. The number of nitrogens with one attached hydrogen (secondary N) is 1. The van der Waals surface area contributed by atoms with Crippen molar-refractivity contribution in [1.29, 1.82) is 0 Å². The molecule has 0 radical (unpaired) electrons. The lowest BCUT2D eigenvalue weighted by Crippen LogP contribution is -2.24. The fourth-order valence-corrected chi connectivity index (χ4v) is 4.63. The normalized spacial score (nSPS) is 13.0. The van der Waals surface area contributed by atoms with Gasteiger partial charge in [0.25, 0.3) is 5.91 Å². The Morgan fingerprint density at radius 1 is 0.944 bits per heavy atom. The molecule has 0 spiro atoms. The smallest absolute Gasteiger partial charge is 0.305 e. The summed E-state index contributed by atoms with van der Waals surface area (Å²) in [6.07, 6.45) is -2.04. The van der Waals surface area contributed by atoms with E-state index in [0.29, 0.717) is 17.7 Å². The monoisotopic (exact) mass is 496 g/mol. The standard InChI is InChI=1S/C28H33FN2O5/c1-17(2)31-23(14-13-21(32)15-22(33)16-24(34)35)25(19-9-11-20(29)12-10-19)26(27(31)28(36)30-3)18-7-5-4-6-8-18/h4-12,17,21-22,32-33H,13-16H2,1-3H3,(H,30,36)(H,34,35)/t21-,22-/m1/s1. The van der Waals surface area contributed by atoms with Crippen molar-refractivity contribution >= 4 is 11.9 Å². The third-order valence-electron chi connectivity index (χ3n) is 6.13. The molecule has 2 aromatic carbocycles. The molecule has 1 heterocycles. The van der Waals surface area contributed by atoms with Crippen LogP contribution in [0, 0.1) is 5.82 Å². The van der Waals surface area contributed by atoms with E-state index in [1.165, 1.54) is 12.1 Å². The van der Waals surface area contributed by atoms with E-state index in [9.17, 15) is 24.2 Å². The molecule has 0 aliphatic heterocycles. The van der Waals surface area contributed by atoms with Crippen molar-refractivity contribution < 1.29 is 29.3 Å². The maximum atomic E-state index is 13.8. The molecule has 3 aromatic rings. The molecule has 3 rings (SSSR count). The fraction of sp³-hybridized carbons (Fsp3) is 0.357. The van der Waals surface area contributed by atoms with E-state index >= 15 is 0 Å². The van der Waals surface area contributed by atoms with Crippen LogP contribution in [0.25, 0.3) is 22.3 Å². The molecule has 0 aliphatic carbocycles. The zero-order chi connectivity index (χ0) is 26.4. The first-order valence-corrected chi connectivity index (χ1v) is 12.0. The second-order valence-corrected chi connectivity index (χ2v) is 9.14. The summed E-state index contributed by atoms with van der Waals surface area (Å²) >= 11 is 0. The second kappa shape index (κ2) is 12.0. The Labute approximate surface area is 210 Å². The average Bonchev–Trinajstić information content (AvgIpc) is 3.18. The number of carbonyl (C=O) groups is 2. The van der Waals surface area contributed by atoms with E-state index in [2.05, 4.69) is 5.32 Å². The molecular formula is C28H33FN2O5. The molecule has 0 bridgehead atoms. The average molecular weight is 497 g/mol. The van der Waals surface area contributed by atoms with Crippen molar-refractivity contribution in [3.63, 3.8) is 0 Å². The van der Waals surface area contributed by atoms with Crippen molar-refractivity contribution in [2.45, 2.75) is 57.8 Å². The maximum Gasteiger partial charge on any atom is 0.305 e. The van der Waals surface area contributed by atoms with E-state index in [1.807, 2.05) is 48.7 Å². The van der Waals surface area contributed by atoms with E-state index < -0.39 is 24.6 Å². The van der Waals surface area contributed by atoms with Gasteiger partial charge >= 0.3 is 5.97 Å². The third kappa shape index (κ3) is 6.19. The lowest BCUT2D eigenvalue weighted by Gasteiger charge is -2.19. The molecule has 0 fully saturated rings. The quantitative estimate of drug-likeness (QED) is 0.314. The Morgan fingerprint density at radius 3 is 2.11 bits per heavy atom. The van der Waals surface area contributed by atoms with Gasteiger partial charge in [-0.1, -0.05) is 42.5 Å². The van der Waals surface area contributed by atoms with Gasteiger partial charge in [-0.3, -0.25) is 9.59 Å². The van der Waals surface area contributed by atoms with Crippen LogP contribution in [0.1, 0.15) is 55.3 Å². The first-order chi connectivity index (χ1) is 17.1. The summed E-state index contributed by atoms with van der Waals surface area (Å²) in [5.74, 6) is -1.78. The Kier molecular flexibility index (Phi) is 9.01. The third-order valence-corrected chi connectivity index (χ3v) is 6.13. The summed E-state index contributed by atoms with van der Waals surface area (Å²) in [6.45, 7) is 3.93. The van der Waals surface area contributed by atoms with E-state index in [0.717, 1.165) is 22.4 Å². The predicted octanol–water partition coefficient (Wildman–Crippen LogP) is 4.42. The van der Waals surface area contributed by atoms with Gasteiger partial charge in [-0.15, -0.1) is 0 Å². The lowest BCUT2D eigenvalue weighted by molar-refractivity contribution is -0.139. The Morgan fingerprint density at radius 2 is 1.56 bits per heavy atom. The van der Waals surface area contributed by atoms with Gasteiger partial charge < -0.3 is 25.2 Å². The molecule has 0 unspecified atom stereocenters. The van der Waals surface area contributed by atoms with Gasteiger partial charge in [0.2, 0.25) is 0 Å². The van der Waals surface area contributed by atoms with Crippen LogP contribution < -0.4 is 5.32 Å². The van der Waals surface area contributed by atoms with E-state index in [4.69, 9.17) is 5.11 Å². The van der Waals surface area contributed by atoms with Gasteiger partial charge in [0.15, 0.2) is 0 Å². The summed E-state index contributed by atoms with van der Waals surface area (Å²) in [6, 6.07) is 15.5. The number of halogens is 1. The van der Waals surface area contributed by atoms with E-state index in [-0.39, 0.29) is 30.6 Å². The number of aliphatic hydroxyl groups excluding tert-OH is 2. The van der Waals surface area contributed by atoms with Crippen LogP contribution >= 0.6 is 0 Å². The number of rotatable bonds is 11. The van der Waals surface area contributed by atoms with Gasteiger partial charge in [0.1, 0.15) is 11.5 Å². The predicted molar refractivity (Wildman–Crippen MR) is 136 cm³/mol. The Hall–Kier alpha value is -3.49. The second-order valence-electron chi connectivity index (χ2n) is 9.14. The van der Waals surface area contributed by atoms with Gasteiger partial charge in [-0.25, -0.2) is 4.39 Å². The van der Waals surface area contributed by atoms with Gasteiger partial charge in [-0.2, -0.15) is 0 Å². The van der Waals surface area contributed by atoms with Gasteiger partial charge in [0.05, 0.1) is 18.6 Å². The number of benzene rings is 2. The van der Waals surface area contributed by atoms with Crippen molar-refractivity contribution in [2.24, 2.45) is 0 Å². The van der Waals surface area contributed by atoms with Crippen molar-refractivity contribution in [3.8, 4) is 22.3 Å². The number of hydrogen-bond acceptors (Lipinski definition) is 4. The van der Waals surface area contributed by atoms with Crippen LogP contribution in [0.2, 0.25) is 0 Å². The zero-order valence-electron chi connectivity index (χ0n) is 20.7. The number of aliphatic carboxylic acids is 1. The highest BCUT2D eigenvalue weighted by atomic mass is 19.1. The summed E-state index contributed by atoms with van der Waals surface area (Å²) in [5.41, 5.74) is 4.30. The molecule has 1 aromatic heterocycles. The molecule has 0 saturated carbocycles. The summed E-state index contributed by atoms with van der Waals surface area (Å²) < 4.78 is 15.8.